The lowest BCUT2D eigenvalue weighted by molar-refractivity contribution is -0.119. The fourth-order valence-electron chi connectivity index (χ4n) is 4.67. The second-order valence-corrected chi connectivity index (χ2v) is 10.6. The lowest BCUT2D eigenvalue weighted by atomic mass is 9.99. The number of thiophene rings is 1. The molecule has 1 unspecified atom stereocenters. The lowest BCUT2D eigenvalue weighted by Gasteiger charge is -2.21. The van der Waals surface area contributed by atoms with Crippen molar-refractivity contribution in [3.63, 3.8) is 0 Å². The Morgan fingerprint density at radius 2 is 1.83 bits per heavy atom. The van der Waals surface area contributed by atoms with Crippen molar-refractivity contribution in [3.05, 3.63) is 50.6 Å². The fraction of sp³-hybridized carbons (Fsp3) is 0.458. The van der Waals surface area contributed by atoms with Gasteiger partial charge in [0.1, 0.15) is 10.6 Å². The first kappa shape index (κ1) is 20.0. The third-order valence-electron chi connectivity index (χ3n) is 6.31. The number of aromatic nitrogens is 2. The highest BCUT2D eigenvalue weighted by molar-refractivity contribution is 8.00. The first-order valence-corrected chi connectivity index (χ1v) is 12.7. The molecule has 5 rings (SSSR count). The quantitative estimate of drug-likeness (QED) is 0.393. The molecule has 3 aromatic rings. The zero-order valence-electron chi connectivity index (χ0n) is 17.3. The topological polar surface area (TPSA) is 52.0 Å². The fourth-order valence-corrected chi connectivity index (χ4v) is 7.20. The van der Waals surface area contributed by atoms with Gasteiger partial charge in [0.05, 0.1) is 16.3 Å². The summed E-state index contributed by atoms with van der Waals surface area (Å²) in [5, 5.41) is 1.37. The van der Waals surface area contributed by atoms with E-state index in [0.29, 0.717) is 17.4 Å². The maximum absolute atomic E-state index is 13.9. The van der Waals surface area contributed by atoms with E-state index < -0.39 is 0 Å². The van der Waals surface area contributed by atoms with E-state index in [4.69, 9.17) is 4.98 Å². The predicted octanol–water partition coefficient (Wildman–Crippen LogP) is 5.63. The Morgan fingerprint density at radius 1 is 1.03 bits per heavy atom. The molecule has 2 aromatic heterocycles. The number of ketones is 1. The first-order chi connectivity index (χ1) is 14.6. The zero-order chi connectivity index (χ0) is 20.7. The van der Waals surface area contributed by atoms with Gasteiger partial charge in [-0.2, -0.15) is 0 Å². The molecule has 156 valence electrons. The summed E-state index contributed by atoms with van der Waals surface area (Å²) in [6, 6.07) is 7.97. The van der Waals surface area contributed by atoms with Gasteiger partial charge in [-0.3, -0.25) is 14.2 Å². The summed E-state index contributed by atoms with van der Waals surface area (Å²) in [7, 11) is 0. The summed E-state index contributed by atoms with van der Waals surface area (Å²) in [6.45, 7) is 2.03. The minimum atomic E-state index is -0.101. The van der Waals surface area contributed by atoms with Crippen LogP contribution in [0.1, 0.15) is 60.9 Å². The Kier molecular flexibility index (Phi) is 5.54. The molecule has 0 N–H and O–H groups in total. The van der Waals surface area contributed by atoms with Crippen LogP contribution in [0.25, 0.3) is 15.9 Å². The summed E-state index contributed by atoms with van der Waals surface area (Å²) in [5.41, 5.74) is 3.16. The van der Waals surface area contributed by atoms with Crippen LogP contribution in [0.15, 0.2) is 34.2 Å². The van der Waals surface area contributed by atoms with Crippen LogP contribution in [0.3, 0.4) is 0 Å². The lowest BCUT2D eigenvalue weighted by Crippen LogP contribution is -2.26. The predicted molar refractivity (Wildman–Crippen MR) is 124 cm³/mol. The standard InChI is InChI=1S/C24H26N2O2S2/c1-15-9-5-6-11-17(15)26-23(28)21-16-10-3-2-4-13-19(16)29-22(21)25-24(26)30-20-14-8-7-12-18(20)27/h5-6,9,11,20H,2-4,7-8,10,12-14H2,1H3. The van der Waals surface area contributed by atoms with Gasteiger partial charge in [0, 0.05) is 11.3 Å². The first-order valence-electron chi connectivity index (χ1n) is 11.0. The normalized spacial score (nSPS) is 19.6. The number of carbonyl (C=O) groups is 1. The molecule has 0 amide bonds. The molecule has 1 saturated carbocycles. The second-order valence-electron chi connectivity index (χ2n) is 8.38. The number of Topliss-reactive ketones (excluding diaryl/α,β-unsaturated/α-hetero) is 1. The average molecular weight is 439 g/mol. The third kappa shape index (κ3) is 3.54. The molecule has 0 saturated heterocycles. The molecule has 1 fully saturated rings. The molecule has 4 nitrogen and oxygen atoms in total. The molecular formula is C24H26N2O2S2. The Bertz CT molecular complexity index is 1180. The van der Waals surface area contributed by atoms with Crippen molar-refractivity contribution in [1.82, 2.24) is 9.55 Å². The summed E-state index contributed by atoms with van der Waals surface area (Å²) in [6.07, 6.45) is 9.10. The molecule has 30 heavy (non-hydrogen) atoms. The number of benzene rings is 1. The third-order valence-corrected chi connectivity index (χ3v) is 8.76. The van der Waals surface area contributed by atoms with Gasteiger partial charge in [-0.15, -0.1) is 11.3 Å². The van der Waals surface area contributed by atoms with Crippen LogP contribution in [0, 0.1) is 6.92 Å². The van der Waals surface area contributed by atoms with E-state index in [1.165, 1.54) is 35.0 Å². The van der Waals surface area contributed by atoms with Gasteiger partial charge in [0.2, 0.25) is 0 Å². The Balaban J connectivity index is 1.73. The molecule has 1 atom stereocenters. The maximum atomic E-state index is 13.9. The minimum Gasteiger partial charge on any atom is -0.298 e. The number of hydrogen-bond acceptors (Lipinski definition) is 5. The van der Waals surface area contributed by atoms with Gasteiger partial charge >= 0.3 is 0 Å². The van der Waals surface area contributed by atoms with E-state index in [0.717, 1.165) is 60.0 Å². The van der Waals surface area contributed by atoms with E-state index in [2.05, 4.69) is 0 Å². The maximum Gasteiger partial charge on any atom is 0.267 e. The number of hydrogen-bond donors (Lipinski definition) is 0. The largest absolute Gasteiger partial charge is 0.298 e. The molecule has 0 spiro atoms. The number of para-hydroxylation sites is 1. The molecule has 0 radical (unpaired) electrons. The second kappa shape index (κ2) is 8.31. The van der Waals surface area contributed by atoms with Crippen molar-refractivity contribution < 1.29 is 4.79 Å². The number of thioether (sulfide) groups is 1. The molecule has 2 aliphatic carbocycles. The molecule has 2 heterocycles. The number of carbonyl (C=O) groups excluding carboxylic acids is 1. The Morgan fingerprint density at radius 3 is 2.67 bits per heavy atom. The highest BCUT2D eigenvalue weighted by atomic mass is 32.2. The molecule has 1 aromatic carbocycles. The number of fused-ring (bicyclic) bond motifs is 3. The zero-order valence-corrected chi connectivity index (χ0v) is 18.9. The molecular weight excluding hydrogens is 412 g/mol. The smallest absolute Gasteiger partial charge is 0.267 e. The number of rotatable bonds is 3. The van der Waals surface area contributed by atoms with Crippen molar-refractivity contribution >= 4 is 39.1 Å². The van der Waals surface area contributed by atoms with E-state index in [1.54, 1.807) is 15.9 Å². The number of nitrogens with zero attached hydrogens (tertiary/aromatic N) is 2. The van der Waals surface area contributed by atoms with Crippen molar-refractivity contribution in [1.29, 1.82) is 0 Å². The van der Waals surface area contributed by atoms with E-state index in [1.807, 2.05) is 31.2 Å². The minimum absolute atomic E-state index is 0.0273. The van der Waals surface area contributed by atoms with Gasteiger partial charge in [0.25, 0.3) is 5.56 Å². The molecule has 0 bridgehead atoms. The van der Waals surface area contributed by atoms with Gasteiger partial charge in [-0.05, 0) is 62.6 Å². The Hall–Kier alpha value is -1.92. The van der Waals surface area contributed by atoms with E-state index in [-0.39, 0.29) is 10.8 Å². The van der Waals surface area contributed by atoms with Crippen molar-refractivity contribution in [2.75, 3.05) is 0 Å². The van der Waals surface area contributed by atoms with Gasteiger partial charge < -0.3 is 0 Å². The number of aryl methyl sites for hydroxylation is 3. The van der Waals surface area contributed by atoms with E-state index in [9.17, 15) is 9.59 Å². The van der Waals surface area contributed by atoms with Crippen LogP contribution in [0.2, 0.25) is 0 Å². The summed E-state index contributed by atoms with van der Waals surface area (Å²) in [5.74, 6) is 0.291. The van der Waals surface area contributed by atoms with Gasteiger partial charge in [-0.25, -0.2) is 4.98 Å². The van der Waals surface area contributed by atoms with Crippen molar-refractivity contribution in [2.45, 2.75) is 75.1 Å². The van der Waals surface area contributed by atoms with Crippen molar-refractivity contribution in [2.24, 2.45) is 0 Å². The van der Waals surface area contributed by atoms with Crippen LogP contribution >= 0.6 is 23.1 Å². The molecule has 6 heteroatoms. The monoisotopic (exact) mass is 438 g/mol. The van der Waals surface area contributed by atoms with Crippen LogP contribution < -0.4 is 5.56 Å². The Labute approximate surface area is 184 Å². The van der Waals surface area contributed by atoms with Crippen LogP contribution in [-0.4, -0.2) is 20.6 Å². The SMILES string of the molecule is Cc1ccccc1-n1c(SC2CCCCC2=O)nc2sc3c(c2c1=O)CCCCC3. The molecule has 0 aliphatic heterocycles. The van der Waals surface area contributed by atoms with Crippen molar-refractivity contribution in [3.8, 4) is 5.69 Å². The van der Waals surface area contributed by atoms with Crippen LogP contribution in [0.5, 0.6) is 0 Å². The van der Waals surface area contributed by atoms with Crippen LogP contribution in [0.4, 0.5) is 0 Å². The van der Waals surface area contributed by atoms with Gasteiger partial charge in [0.15, 0.2) is 5.16 Å². The highest BCUT2D eigenvalue weighted by Gasteiger charge is 2.28. The summed E-state index contributed by atoms with van der Waals surface area (Å²) in [4.78, 5) is 33.6. The summed E-state index contributed by atoms with van der Waals surface area (Å²) >= 11 is 3.18. The van der Waals surface area contributed by atoms with E-state index >= 15 is 0 Å². The van der Waals surface area contributed by atoms with Gasteiger partial charge in [-0.1, -0.05) is 42.8 Å². The average Bonchev–Trinajstić information content (AvgIpc) is 2.92. The highest BCUT2D eigenvalue weighted by Crippen LogP contribution is 2.37. The summed E-state index contributed by atoms with van der Waals surface area (Å²) < 4.78 is 1.78. The van der Waals surface area contributed by atoms with Crippen LogP contribution in [-0.2, 0) is 17.6 Å². The molecule has 2 aliphatic rings.